The molecule has 0 fully saturated rings. The molecule has 1 aromatic rings. The van der Waals surface area contributed by atoms with Crippen LogP contribution in [0.1, 0.15) is 42.1 Å². The van der Waals surface area contributed by atoms with E-state index in [1.807, 2.05) is 0 Å². The van der Waals surface area contributed by atoms with Gasteiger partial charge in [0.05, 0.1) is 11.1 Å². The molecule has 0 spiro atoms. The number of alkyl halides is 3. The van der Waals surface area contributed by atoms with E-state index in [-0.39, 0.29) is 5.56 Å². The van der Waals surface area contributed by atoms with Crippen molar-refractivity contribution < 1.29 is 18.0 Å². The van der Waals surface area contributed by atoms with Crippen LogP contribution in [-0.4, -0.2) is 10.8 Å². The van der Waals surface area contributed by atoms with E-state index < -0.39 is 17.5 Å². The molecule has 0 saturated carbocycles. The molecule has 2 nitrogen and oxygen atoms in total. The number of allylic oxidation sites excluding steroid dienone is 2. The van der Waals surface area contributed by atoms with Gasteiger partial charge in [-0.15, -0.1) is 0 Å². The molecule has 1 unspecified atom stereocenters. The van der Waals surface area contributed by atoms with E-state index in [1.165, 1.54) is 0 Å². The molecule has 0 aliphatic heterocycles. The van der Waals surface area contributed by atoms with Crippen molar-refractivity contribution in [2.75, 3.05) is 0 Å². The first-order chi connectivity index (χ1) is 8.89. The smallest absolute Gasteiger partial charge is 0.289 e. The molecule has 1 aliphatic carbocycles. The Morgan fingerprint density at radius 3 is 2.74 bits per heavy atom. The standard InChI is InChI=1S/C14H14F3NO/c1-9-2-4-10(5-3-9)13(19)11-8-18-7-6-12(11)14(15,16)17/h4,6-9H,2-3,5H2,1H3. The molecule has 1 heterocycles. The maximum absolute atomic E-state index is 12.8. The van der Waals surface area contributed by atoms with Crippen molar-refractivity contribution >= 4 is 5.78 Å². The van der Waals surface area contributed by atoms with Gasteiger partial charge in [0.25, 0.3) is 0 Å². The summed E-state index contributed by atoms with van der Waals surface area (Å²) >= 11 is 0. The summed E-state index contributed by atoms with van der Waals surface area (Å²) in [6, 6.07) is 0.846. The zero-order valence-corrected chi connectivity index (χ0v) is 10.5. The highest BCUT2D eigenvalue weighted by Crippen LogP contribution is 2.34. The minimum atomic E-state index is -4.53. The number of hydrogen-bond donors (Lipinski definition) is 0. The van der Waals surface area contributed by atoms with Gasteiger partial charge in [-0.05, 0) is 36.8 Å². The summed E-state index contributed by atoms with van der Waals surface area (Å²) in [7, 11) is 0. The van der Waals surface area contributed by atoms with Crippen molar-refractivity contribution in [3.05, 3.63) is 41.2 Å². The van der Waals surface area contributed by atoms with Crippen molar-refractivity contribution in [2.24, 2.45) is 5.92 Å². The molecular formula is C14H14F3NO. The number of carbonyl (C=O) groups excluding carboxylic acids is 1. The second kappa shape index (κ2) is 5.15. The largest absolute Gasteiger partial charge is 0.417 e. The highest BCUT2D eigenvalue weighted by Gasteiger charge is 2.35. The van der Waals surface area contributed by atoms with Crippen LogP contribution in [0.15, 0.2) is 30.1 Å². The number of Topliss-reactive ketones (excluding diaryl/α,β-unsaturated/α-hetero) is 1. The third-order valence-electron chi connectivity index (χ3n) is 3.34. The number of pyridine rings is 1. The Labute approximate surface area is 109 Å². The molecule has 1 aliphatic rings. The minimum absolute atomic E-state index is 0.351. The SMILES string of the molecule is CC1CC=C(C(=O)c2cnccc2C(F)(F)F)CC1. The maximum Gasteiger partial charge on any atom is 0.417 e. The number of nitrogens with zero attached hydrogens (tertiary/aromatic N) is 1. The molecular weight excluding hydrogens is 255 g/mol. The highest BCUT2D eigenvalue weighted by atomic mass is 19.4. The van der Waals surface area contributed by atoms with Crippen LogP contribution in [0.2, 0.25) is 0 Å². The number of halogens is 3. The van der Waals surface area contributed by atoms with Crippen LogP contribution < -0.4 is 0 Å². The summed E-state index contributed by atoms with van der Waals surface area (Å²) in [5, 5.41) is 0. The van der Waals surface area contributed by atoms with E-state index in [0.717, 1.165) is 31.3 Å². The van der Waals surface area contributed by atoms with E-state index in [4.69, 9.17) is 0 Å². The summed E-state index contributed by atoms with van der Waals surface area (Å²) in [6.45, 7) is 2.06. The van der Waals surface area contributed by atoms with Gasteiger partial charge < -0.3 is 0 Å². The van der Waals surface area contributed by atoms with Crippen molar-refractivity contribution in [3.8, 4) is 0 Å². The van der Waals surface area contributed by atoms with Gasteiger partial charge in [-0.1, -0.05) is 13.0 Å². The van der Waals surface area contributed by atoms with Gasteiger partial charge in [-0.25, -0.2) is 0 Å². The number of aromatic nitrogens is 1. The Hall–Kier alpha value is -1.65. The number of rotatable bonds is 2. The maximum atomic E-state index is 12.8. The van der Waals surface area contributed by atoms with E-state index in [0.29, 0.717) is 17.9 Å². The van der Waals surface area contributed by atoms with Gasteiger partial charge in [-0.3, -0.25) is 9.78 Å². The molecule has 1 aromatic heterocycles. The van der Waals surface area contributed by atoms with Crippen LogP contribution in [0.25, 0.3) is 0 Å². The molecule has 0 N–H and O–H groups in total. The summed E-state index contributed by atoms with van der Waals surface area (Å²) in [6.07, 6.45) is 1.38. The Morgan fingerprint density at radius 1 is 1.42 bits per heavy atom. The van der Waals surface area contributed by atoms with E-state index in [1.54, 1.807) is 6.08 Å². The van der Waals surface area contributed by atoms with Gasteiger partial charge in [0, 0.05) is 12.4 Å². The normalized spacial score (nSPS) is 20.0. The van der Waals surface area contributed by atoms with Gasteiger partial charge >= 0.3 is 6.18 Å². The van der Waals surface area contributed by atoms with Crippen LogP contribution in [0.4, 0.5) is 13.2 Å². The third kappa shape index (κ3) is 3.03. The average molecular weight is 269 g/mol. The van der Waals surface area contributed by atoms with Crippen molar-refractivity contribution in [3.63, 3.8) is 0 Å². The highest BCUT2D eigenvalue weighted by molar-refractivity contribution is 6.09. The lowest BCUT2D eigenvalue weighted by molar-refractivity contribution is -0.137. The van der Waals surface area contributed by atoms with Gasteiger partial charge in [0.2, 0.25) is 0 Å². The molecule has 1 atom stereocenters. The fraction of sp³-hybridized carbons (Fsp3) is 0.429. The average Bonchev–Trinajstić information content (AvgIpc) is 2.38. The summed E-state index contributed by atoms with van der Waals surface area (Å²) < 4.78 is 38.5. The third-order valence-corrected chi connectivity index (χ3v) is 3.34. The molecule has 0 aromatic carbocycles. The monoisotopic (exact) mass is 269 g/mol. The first-order valence-electron chi connectivity index (χ1n) is 6.14. The molecule has 0 bridgehead atoms. The molecule has 5 heteroatoms. The van der Waals surface area contributed by atoms with Crippen LogP contribution in [0.5, 0.6) is 0 Å². The van der Waals surface area contributed by atoms with E-state index in [2.05, 4.69) is 11.9 Å². The van der Waals surface area contributed by atoms with Crippen LogP contribution in [0.3, 0.4) is 0 Å². The van der Waals surface area contributed by atoms with E-state index in [9.17, 15) is 18.0 Å². The molecule has 102 valence electrons. The van der Waals surface area contributed by atoms with Crippen molar-refractivity contribution in [1.82, 2.24) is 4.98 Å². The van der Waals surface area contributed by atoms with Gasteiger partial charge in [0.15, 0.2) is 5.78 Å². The second-order valence-electron chi connectivity index (χ2n) is 4.86. The van der Waals surface area contributed by atoms with Gasteiger partial charge in [0.1, 0.15) is 0 Å². The fourth-order valence-electron chi connectivity index (χ4n) is 2.17. The lowest BCUT2D eigenvalue weighted by Gasteiger charge is -2.18. The Morgan fingerprint density at radius 2 is 2.16 bits per heavy atom. The summed E-state index contributed by atoms with van der Waals surface area (Å²) in [5.74, 6) is -0.0696. The minimum Gasteiger partial charge on any atom is -0.289 e. The number of ketones is 1. The lowest BCUT2D eigenvalue weighted by atomic mass is 9.87. The Bertz CT molecular complexity index is 520. The fourth-order valence-corrected chi connectivity index (χ4v) is 2.17. The van der Waals surface area contributed by atoms with E-state index >= 15 is 0 Å². The Kier molecular flexibility index (Phi) is 3.73. The van der Waals surface area contributed by atoms with Crippen LogP contribution in [-0.2, 0) is 6.18 Å². The summed E-state index contributed by atoms with van der Waals surface area (Å²) in [5.41, 5.74) is -0.792. The van der Waals surface area contributed by atoms with Crippen LogP contribution in [0, 0.1) is 5.92 Å². The van der Waals surface area contributed by atoms with Crippen LogP contribution >= 0.6 is 0 Å². The molecule has 2 rings (SSSR count). The Balaban J connectivity index is 2.35. The molecule has 0 saturated heterocycles. The zero-order valence-electron chi connectivity index (χ0n) is 10.5. The first kappa shape index (κ1) is 13.8. The predicted octanol–water partition coefficient (Wildman–Crippen LogP) is 4.03. The van der Waals surface area contributed by atoms with Crippen molar-refractivity contribution in [2.45, 2.75) is 32.4 Å². The quantitative estimate of drug-likeness (QED) is 0.759. The van der Waals surface area contributed by atoms with Crippen molar-refractivity contribution in [1.29, 1.82) is 0 Å². The predicted molar refractivity (Wildman–Crippen MR) is 64.7 cm³/mol. The molecule has 19 heavy (non-hydrogen) atoms. The topological polar surface area (TPSA) is 30.0 Å². The van der Waals surface area contributed by atoms with Gasteiger partial charge in [-0.2, -0.15) is 13.2 Å². The number of carbonyl (C=O) groups is 1. The molecule has 0 radical (unpaired) electrons. The number of hydrogen-bond acceptors (Lipinski definition) is 2. The molecule has 0 amide bonds. The lowest BCUT2D eigenvalue weighted by Crippen LogP contribution is -2.16. The first-order valence-corrected chi connectivity index (χ1v) is 6.14. The summed E-state index contributed by atoms with van der Waals surface area (Å²) in [4.78, 5) is 15.8. The second-order valence-corrected chi connectivity index (χ2v) is 4.86. The zero-order chi connectivity index (χ0) is 14.0.